The summed E-state index contributed by atoms with van der Waals surface area (Å²) in [6.07, 6.45) is 1.50. The number of amides is 1. The van der Waals surface area contributed by atoms with E-state index in [1.165, 1.54) is 24.9 Å². The molecule has 0 spiro atoms. The number of aliphatic imine (C=N–C) groups is 1. The van der Waals surface area contributed by atoms with Crippen molar-refractivity contribution in [2.75, 3.05) is 20.8 Å². The van der Waals surface area contributed by atoms with Gasteiger partial charge in [-0.2, -0.15) is 0 Å². The minimum atomic E-state index is -0.658. The van der Waals surface area contributed by atoms with Crippen molar-refractivity contribution in [1.29, 1.82) is 0 Å². The highest BCUT2D eigenvalue weighted by molar-refractivity contribution is 8.15. The second-order valence-electron chi connectivity index (χ2n) is 6.27. The predicted octanol–water partition coefficient (Wildman–Crippen LogP) is 3.08. The van der Waals surface area contributed by atoms with Crippen molar-refractivity contribution < 1.29 is 23.8 Å². The van der Waals surface area contributed by atoms with Gasteiger partial charge in [0.05, 0.1) is 36.8 Å². The molecule has 148 valence electrons. The molecule has 0 radical (unpaired) electrons. The Morgan fingerprint density at radius 2 is 2.04 bits per heavy atom. The van der Waals surface area contributed by atoms with Gasteiger partial charge < -0.3 is 14.2 Å². The summed E-state index contributed by atoms with van der Waals surface area (Å²) in [6, 6.07) is 4.67. The van der Waals surface area contributed by atoms with Crippen LogP contribution >= 0.6 is 11.8 Å². The molecule has 1 aromatic carbocycles. The van der Waals surface area contributed by atoms with Gasteiger partial charge in [0.1, 0.15) is 6.61 Å². The van der Waals surface area contributed by atoms with Crippen LogP contribution in [0.1, 0.15) is 25.5 Å². The van der Waals surface area contributed by atoms with E-state index in [2.05, 4.69) is 11.6 Å². The van der Waals surface area contributed by atoms with Crippen LogP contribution in [0.3, 0.4) is 0 Å². The molecule has 0 aromatic heterocycles. The number of amidine groups is 1. The van der Waals surface area contributed by atoms with E-state index >= 15 is 0 Å². The van der Waals surface area contributed by atoms with Gasteiger partial charge in [0, 0.05) is 0 Å². The van der Waals surface area contributed by atoms with Crippen molar-refractivity contribution in [2.24, 2.45) is 4.99 Å². The van der Waals surface area contributed by atoms with Crippen LogP contribution in [0, 0.1) is 0 Å². The average molecular weight is 402 g/mol. The Morgan fingerprint density at radius 1 is 1.32 bits per heavy atom. The summed E-state index contributed by atoms with van der Waals surface area (Å²) in [5, 5.41) is 0.299. The van der Waals surface area contributed by atoms with E-state index in [0.29, 0.717) is 33.5 Å². The zero-order valence-electron chi connectivity index (χ0n) is 16.2. The Morgan fingerprint density at radius 3 is 2.68 bits per heavy atom. The standard InChI is InChI=1S/C20H22N2O5S/c1-6-9-27-19(24)16-11(2)21-20-22(18(23)12(3)28-20)17(16)13-7-8-14(25-4)15(10-13)26-5/h6-8,10,12,17H,1,9H2,2-5H3. The first kappa shape index (κ1) is 20.0. The highest BCUT2D eigenvalue weighted by Gasteiger charge is 2.46. The summed E-state index contributed by atoms with van der Waals surface area (Å²) < 4.78 is 16.0. The fourth-order valence-electron chi connectivity index (χ4n) is 3.21. The first-order valence-electron chi connectivity index (χ1n) is 8.72. The van der Waals surface area contributed by atoms with Gasteiger partial charge in [-0.15, -0.1) is 0 Å². The average Bonchev–Trinajstić information content (AvgIpc) is 2.97. The molecular weight excluding hydrogens is 380 g/mol. The molecule has 2 aliphatic heterocycles. The number of allylic oxidation sites excluding steroid dienone is 1. The van der Waals surface area contributed by atoms with Gasteiger partial charge in [-0.1, -0.05) is 30.5 Å². The maximum atomic E-state index is 12.9. The molecular formula is C20H22N2O5S. The number of hydrogen-bond donors (Lipinski definition) is 0. The van der Waals surface area contributed by atoms with Gasteiger partial charge in [0.25, 0.3) is 0 Å². The monoisotopic (exact) mass is 402 g/mol. The Balaban J connectivity index is 2.14. The summed E-state index contributed by atoms with van der Waals surface area (Å²) in [5.74, 6) is 0.429. The molecule has 8 heteroatoms. The highest BCUT2D eigenvalue weighted by atomic mass is 32.2. The molecule has 1 saturated heterocycles. The van der Waals surface area contributed by atoms with Crippen LogP contribution in [-0.4, -0.2) is 48.0 Å². The number of rotatable bonds is 6. The van der Waals surface area contributed by atoms with Crippen molar-refractivity contribution in [3.05, 3.63) is 47.7 Å². The molecule has 2 unspecified atom stereocenters. The number of methoxy groups -OCH3 is 2. The molecule has 7 nitrogen and oxygen atoms in total. The minimum Gasteiger partial charge on any atom is -0.493 e. The summed E-state index contributed by atoms with van der Waals surface area (Å²) in [4.78, 5) is 31.7. The van der Waals surface area contributed by atoms with Gasteiger partial charge in [-0.3, -0.25) is 9.69 Å². The van der Waals surface area contributed by atoms with Gasteiger partial charge in [-0.25, -0.2) is 9.79 Å². The van der Waals surface area contributed by atoms with E-state index in [9.17, 15) is 9.59 Å². The van der Waals surface area contributed by atoms with Gasteiger partial charge in [0.15, 0.2) is 16.7 Å². The lowest BCUT2D eigenvalue weighted by molar-refractivity contribution is -0.139. The third-order valence-corrected chi connectivity index (χ3v) is 5.59. The molecule has 0 aliphatic carbocycles. The van der Waals surface area contributed by atoms with Crippen LogP contribution in [0.15, 0.2) is 47.1 Å². The maximum absolute atomic E-state index is 12.9. The number of carbonyl (C=O) groups excluding carboxylic acids is 2. The largest absolute Gasteiger partial charge is 0.493 e. The number of benzene rings is 1. The number of fused-ring (bicyclic) bond motifs is 1. The Kier molecular flexibility index (Phi) is 5.79. The van der Waals surface area contributed by atoms with E-state index in [-0.39, 0.29) is 17.8 Å². The first-order valence-corrected chi connectivity index (χ1v) is 9.60. The van der Waals surface area contributed by atoms with Crippen molar-refractivity contribution in [3.8, 4) is 11.5 Å². The molecule has 0 saturated carbocycles. The second kappa shape index (κ2) is 8.10. The lowest BCUT2D eigenvalue weighted by Gasteiger charge is -2.33. The fourth-order valence-corrected chi connectivity index (χ4v) is 4.24. The third kappa shape index (κ3) is 3.40. The van der Waals surface area contributed by atoms with Gasteiger partial charge >= 0.3 is 5.97 Å². The van der Waals surface area contributed by atoms with E-state index in [4.69, 9.17) is 14.2 Å². The van der Waals surface area contributed by atoms with Crippen molar-refractivity contribution in [2.45, 2.75) is 25.1 Å². The Hall–Kier alpha value is -2.74. The van der Waals surface area contributed by atoms with Crippen LogP contribution in [0.5, 0.6) is 11.5 Å². The summed E-state index contributed by atoms with van der Waals surface area (Å²) >= 11 is 1.38. The normalized spacial score (nSPS) is 21.2. The smallest absolute Gasteiger partial charge is 0.338 e. The maximum Gasteiger partial charge on any atom is 0.338 e. The summed E-state index contributed by atoms with van der Waals surface area (Å²) in [6.45, 7) is 7.22. The van der Waals surface area contributed by atoms with E-state index in [0.717, 1.165) is 0 Å². The van der Waals surface area contributed by atoms with Crippen molar-refractivity contribution in [1.82, 2.24) is 4.90 Å². The molecule has 0 N–H and O–H groups in total. The number of ether oxygens (including phenoxy) is 3. The molecule has 3 rings (SSSR count). The molecule has 0 bridgehead atoms. The Labute approximate surface area is 168 Å². The summed E-state index contributed by atoms with van der Waals surface area (Å²) in [5.41, 5.74) is 1.55. The van der Waals surface area contributed by atoms with Crippen LogP contribution < -0.4 is 9.47 Å². The number of thioether (sulfide) groups is 1. The molecule has 28 heavy (non-hydrogen) atoms. The minimum absolute atomic E-state index is 0.0734. The van der Waals surface area contributed by atoms with Crippen molar-refractivity contribution in [3.63, 3.8) is 0 Å². The van der Waals surface area contributed by atoms with E-state index in [1.807, 2.05) is 13.0 Å². The molecule has 2 heterocycles. The molecule has 1 amide bonds. The van der Waals surface area contributed by atoms with Crippen LogP contribution in [0.2, 0.25) is 0 Å². The number of hydrogen-bond acceptors (Lipinski definition) is 7. The SMILES string of the molecule is C=CCOC(=O)C1=C(C)N=C2SC(C)C(=O)N2C1c1ccc(OC)c(OC)c1. The van der Waals surface area contributed by atoms with Crippen LogP contribution in [-0.2, 0) is 14.3 Å². The summed E-state index contributed by atoms with van der Waals surface area (Å²) in [7, 11) is 3.09. The highest BCUT2D eigenvalue weighted by Crippen LogP contribution is 2.44. The second-order valence-corrected chi connectivity index (χ2v) is 7.57. The van der Waals surface area contributed by atoms with E-state index in [1.54, 1.807) is 31.1 Å². The third-order valence-electron chi connectivity index (χ3n) is 4.53. The van der Waals surface area contributed by atoms with Gasteiger partial charge in [-0.05, 0) is 31.5 Å². The number of nitrogens with zero attached hydrogens (tertiary/aromatic N) is 2. The fraction of sp³-hybridized carbons (Fsp3) is 0.350. The van der Waals surface area contributed by atoms with Gasteiger partial charge in [0.2, 0.25) is 5.91 Å². The zero-order valence-corrected chi connectivity index (χ0v) is 17.0. The Bertz CT molecular complexity index is 893. The van der Waals surface area contributed by atoms with E-state index < -0.39 is 12.0 Å². The molecule has 2 aliphatic rings. The zero-order chi connectivity index (χ0) is 20.4. The topological polar surface area (TPSA) is 77.4 Å². The predicted molar refractivity (Wildman–Crippen MR) is 107 cm³/mol. The first-order chi connectivity index (χ1) is 13.4. The molecule has 2 atom stereocenters. The number of carbonyl (C=O) groups is 2. The van der Waals surface area contributed by atoms with Crippen LogP contribution in [0.4, 0.5) is 0 Å². The number of esters is 1. The molecule has 1 aromatic rings. The molecule has 1 fully saturated rings. The van der Waals surface area contributed by atoms with Crippen LogP contribution in [0.25, 0.3) is 0 Å². The quantitative estimate of drug-likeness (QED) is 0.538. The lowest BCUT2D eigenvalue weighted by atomic mass is 9.94. The lowest BCUT2D eigenvalue weighted by Crippen LogP contribution is -2.40. The van der Waals surface area contributed by atoms with Crippen molar-refractivity contribution >= 4 is 28.8 Å².